The molecule has 0 fully saturated rings. The number of carbonyl (C=O) groups is 1. The van der Waals surface area contributed by atoms with E-state index in [2.05, 4.69) is 5.10 Å². The second kappa shape index (κ2) is 7.03. The highest BCUT2D eigenvalue weighted by Gasteiger charge is 2.21. The highest BCUT2D eigenvalue weighted by atomic mass is 16.5. The van der Waals surface area contributed by atoms with Crippen LogP contribution in [-0.4, -0.2) is 22.9 Å². The molecule has 0 saturated carbocycles. The van der Waals surface area contributed by atoms with Crippen molar-refractivity contribution in [3.8, 4) is 17.2 Å². The van der Waals surface area contributed by atoms with E-state index in [0.717, 1.165) is 16.6 Å². The fraction of sp³-hybridized carbons (Fsp3) is 0.0952. The minimum Gasteiger partial charge on any atom is -0.493 e. The number of fused-ring (bicyclic) bond motifs is 1. The van der Waals surface area contributed by atoms with Crippen LogP contribution >= 0.6 is 0 Å². The van der Waals surface area contributed by atoms with Gasteiger partial charge in [-0.25, -0.2) is 14.3 Å². The number of esters is 1. The van der Waals surface area contributed by atoms with Crippen molar-refractivity contribution in [3.05, 3.63) is 82.5 Å². The largest absolute Gasteiger partial charge is 0.493 e. The van der Waals surface area contributed by atoms with E-state index >= 15 is 0 Å². The Hall–Kier alpha value is -3.87. The maximum absolute atomic E-state index is 12.6. The zero-order valence-corrected chi connectivity index (χ0v) is 15.2. The number of benzene rings is 2. The predicted molar refractivity (Wildman–Crippen MR) is 102 cm³/mol. The summed E-state index contributed by atoms with van der Waals surface area (Å²) in [6.45, 7) is 1.81. The van der Waals surface area contributed by atoms with Gasteiger partial charge < -0.3 is 13.9 Å². The van der Waals surface area contributed by atoms with Crippen LogP contribution in [0.15, 0.2) is 70.0 Å². The second-order valence-corrected chi connectivity index (χ2v) is 6.12. The molecule has 0 amide bonds. The topological polar surface area (TPSA) is 83.6 Å². The van der Waals surface area contributed by atoms with Gasteiger partial charge in [-0.05, 0) is 36.8 Å². The van der Waals surface area contributed by atoms with Crippen molar-refractivity contribution in [3.63, 3.8) is 0 Å². The Morgan fingerprint density at radius 2 is 1.89 bits per heavy atom. The van der Waals surface area contributed by atoms with Crippen LogP contribution in [0.25, 0.3) is 16.7 Å². The molecule has 4 aromatic rings. The third kappa shape index (κ3) is 3.25. The Kier molecular flexibility index (Phi) is 4.41. The lowest BCUT2D eigenvalue weighted by atomic mass is 10.1. The third-order valence-electron chi connectivity index (χ3n) is 4.25. The minimum atomic E-state index is -0.680. The number of para-hydroxylation sites is 1. The van der Waals surface area contributed by atoms with Gasteiger partial charge in [0, 0.05) is 17.5 Å². The number of nitrogens with zero attached hydrogens (tertiary/aromatic N) is 2. The first-order valence-corrected chi connectivity index (χ1v) is 8.51. The molecule has 0 N–H and O–H groups in total. The molecule has 0 bridgehead atoms. The molecule has 140 valence electrons. The quantitative estimate of drug-likeness (QED) is 0.308. The zero-order valence-electron chi connectivity index (χ0n) is 15.2. The van der Waals surface area contributed by atoms with E-state index in [1.165, 1.54) is 23.9 Å². The molecule has 0 aliphatic carbocycles. The van der Waals surface area contributed by atoms with E-state index < -0.39 is 11.6 Å². The Labute approximate surface area is 159 Å². The summed E-state index contributed by atoms with van der Waals surface area (Å²) in [5.41, 5.74) is 1.49. The average molecular weight is 376 g/mol. The van der Waals surface area contributed by atoms with E-state index in [-0.39, 0.29) is 17.2 Å². The average Bonchev–Trinajstić information content (AvgIpc) is 3.13. The van der Waals surface area contributed by atoms with E-state index in [1.807, 2.05) is 37.3 Å². The van der Waals surface area contributed by atoms with Crippen LogP contribution in [0, 0.1) is 6.92 Å². The maximum atomic E-state index is 12.6. The van der Waals surface area contributed by atoms with Gasteiger partial charge in [0.25, 0.3) is 0 Å². The molecule has 0 atom stereocenters. The molecule has 2 aromatic carbocycles. The van der Waals surface area contributed by atoms with Gasteiger partial charge in [0.2, 0.25) is 5.69 Å². The van der Waals surface area contributed by atoms with Crippen LogP contribution in [0.2, 0.25) is 0 Å². The summed E-state index contributed by atoms with van der Waals surface area (Å²) in [4.78, 5) is 24.2. The van der Waals surface area contributed by atoms with E-state index in [0.29, 0.717) is 5.58 Å². The Morgan fingerprint density at radius 3 is 2.64 bits per heavy atom. The first kappa shape index (κ1) is 17.5. The molecule has 0 spiro atoms. The number of aryl methyl sites for hydroxylation is 1. The number of hydrogen-bond donors (Lipinski definition) is 0. The standard InChI is InChI=1S/C21H16N2O5/c1-13-10-19(24)28-17-11-15(8-9-16(13)17)27-21(25)20-18(26-2)12-23(22-20)14-6-4-3-5-7-14/h3-12H,1-2H3. The first-order chi connectivity index (χ1) is 13.5. The van der Waals surface area contributed by atoms with E-state index in [4.69, 9.17) is 13.9 Å². The summed E-state index contributed by atoms with van der Waals surface area (Å²) in [7, 11) is 1.45. The van der Waals surface area contributed by atoms with Crippen molar-refractivity contribution in [2.45, 2.75) is 6.92 Å². The molecule has 7 nitrogen and oxygen atoms in total. The lowest BCUT2D eigenvalue weighted by molar-refractivity contribution is 0.0725. The van der Waals surface area contributed by atoms with Crippen LogP contribution in [0.5, 0.6) is 11.5 Å². The van der Waals surface area contributed by atoms with Gasteiger partial charge in [-0.2, -0.15) is 5.10 Å². The molecule has 28 heavy (non-hydrogen) atoms. The van der Waals surface area contributed by atoms with Crippen LogP contribution in [0.1, 0.15) is 16.1 Å². The normalized spacial score (nSPS) is 10.8. The molecule has 0 saturated heterocycles. The number of aromatic nitrogens is 2. The molecule has 2 heterocycles. The second-order valence-electron chi connectivity index (χ2n) is 6.12. The lowest BCUT2D eigenvalue weighted by Gasteiger charge is -2.05. The van der Waals surface area contributed by atoms with Crippen LogP contribution in [0.4, 0.5) is 0 Å². The Morgan fingerprint density at radius 1 is 1.11 bits per heavy atom. The van der Waals surface area contributed by atoms with E-state index in [1.54, 1.807) is 18.3 Å². The van der Waals surface area contributed by atoms with Crippen molar-refractivity contribution in [1.29, 1.82) is 0 Å². The Bertz CT molecular complexity index is 1220. The SMILES string of the molecule is COc1cn(-c2ccccc2)nc1C(=O)Oc1ccc2c(C)cc(=O)oc2c1. The fourth-order valence-electron chi connectivity index (χ4n) is 2.89. The van der Waals surface area contributed by atoms with Gasteiger partial charge in [-0.1, -0.05) is 18.2 Å². The first-order valence-electron chi connectivity index (χ1n) is 8.51. The smallest absolute Gasteiger partial charge is 0.368 e. The molecule has 2 aromatic heterocycles. The monoisotopic (exact) mass is 376 g/mol. The highest BCUT2D eigenvalue weighted by molar-refractivity contribution is 5.92. The van der Waals surface area contributed by atoms with Crippen molar-refractivity contribution in [2.75, 3.05) is 7.11 Å². The number of hydrogen-bond acceptors (Lipinski definition) is 6. The van der Waals surface area contributed by atoms with E-state index in [9.17, 15) is 9.59 Å². The van der Waals surface area contributed by atoms with Gasteiger partial charge in [-0.15, -0.1) is 0 Å². The molecular formula is C21H16N2O5. The number of rotatable bonds is 4. The van der Waals surface area contributed by atoms with Crippen molar-refractivity contribution >= 4 is 16.9 Å². The van der Waals surface area contributed by atoms with Crippen LogP contribution < -0.4 is 15.1 Å². The highest BCUT2D eigenvalue weighted by Crippen LogP contribution is 2.25. The summed E-state index contributed by atoms with van der Waals surface area (Å²) in [5, 5.41) is 5.05. The third-order valence-corrected chi connectivity index (χ3v) is 4.25. The summed E-state index contributed by atoms with van der Waals surface area (Å²) < 4.78 is 17.4. The minimum absolute atomic E-state index is 0.0390. The molecule has 7 heteroatoms. The molecule has 0 aliphatic heterocycles. The van der Waals surface area contributed by atoms with Gasteiger partial charge in [0.1, 0.15) is 11.3 Å². The zero-order chi connectivity index (χ0) is 19.7. The lowest BCUT2D eigenvalue weighted by Crippen LogP contribution is -2.11. The van der Waals surface area contributed by atoms with Crippen molar-refractivity contribution in [2.24, 2.45) is 0 Å². The molecule has 0 unspecified atom stereocenters. The maximum Gasteiger partial charge on any atom is 0.368 e. The number of carbonyl (C=O) groups excluding carboxylic acids is 1. The summed E-state index contributed by atoms with van der Waals surface area (Å²) >= 11 is 0. The summed E-state index contributed by atoms with van der Waals surface area (Å²) in [6.07, 6.45) is 1.61. The number of methoxy groups -OCH3 is 1. The van der Waals surface area contributed by atoms with Crippen LogP contribution in [-0.2, 0) is 0 Å². The molecular weight excluding hydrogens is 360 g/mol. The van der Waals surface area contributed by atoms with Gasteiger partial charge >= 0.3 is 11.6 Å². The molecule has 0 radical (unpaired) electrons. The van der Waals surface area contributed by atoms with Gasteiger partial charge in [0.15, 0.2) is 5.75 Å². The molecule has 0 aliphatic rings. The van der Waals surface area contributed by atoms with Crippen LogP contribution in [0.3, 0.4) is 0 Å². The molecule has 4 rings (SSSR count). The summed E-state index contributed by atoms with van der Waals surface area (Å²) in [5.74, 6) is -0.152. The fourth-order valence-corrected chi connectivity index (χ4v) is 2.89. The predicted octanol–water partition coefficient (Wildman–Crippen LogP) is 3.51. The Balaban J connectivity index is 1.66. The number of ether oxygens (including phenoxy) is 2. The van der Waals surface area contributed by atoms with Gasteiger partial charge in [0.05, 0.1) is 19.0 Å². The summed E-state index contributed by atoms with van der Waals surface area (Å²) in [6, 6.07) is 15.6. The van der Waals surface area contributed by atoms with Crippen molar-refractivity contribution < 1.29 is 18.7 Å². The van der Waals surface area contributed by atoms with Crippen molar-refractivity contribution in [1.82, 2.24) is 9.78 Å². The van der Waals surface area contributed by atoms with Gasteiger partial charge in [-0.3, -0.25) is 0 Å².